The van der Waals surface area contributed by atoms with Crippen molar-refractivity contribution in [3.8, 4) is 0 Å². The molecule has 206 valence electrons. The Balaban J connectivity index is 2.08. The van der Waals surface area contributed by atoms with Crippen LogP contribution < -0.4 is 10.6 Å². The van der Waals surface area contributed by atoms with E-state index in [-0.39, 0.29) is 24.9 Å². The van der Waals surface area contributed by atoms with E-state index in [1.165, 1.54) is 0 Å². The number of hydroxylamine groups is 4. The minimum Gasteiger partial charge on any atom is -0.442 e. The molecule has 36 heavy (non-hydrogen) atoms. The van der Waals surface area contributed by atoms with E-state index in [2.05, 4.69) is 10.6 Å². The molecule has 2 unspecified atom stereocenters. The van der Waals surface area contributed by atoms with E-state index in [0.717, 1.165) is 48.9 Å². The van der Waals surface area contributed by atoms with Gasteiger partial charge in [-0.2, -0.15) is 0 Å². The Kier molecular flexibility index (Phi) is 10.8. The molecule has 2 aliphatic rings. The number of rotatable bonds is 4. The van der Waals surface area contributed by atoms with E-state index in [1.54, 1.807) is 41.5 Å². The lowest BCUT2D eigenvalue weighted by molar-refractivity contribution is -0.213. The molecule has 2 rings (SSSR count). The van der Waals surface area contributed by atoms with Gasteiger partial charge in [-0.05, 0) is 105 Å². The Hall–Kier alpha value is -2.60. The first-order valence-corrected chi connectivity index (χ1v) is 12.6. The maximum absolute atomic E-state index is 12.7. The molecule has 2 amide bonds. The lowest BCUT2D eigenvalue weighted by Crippen LogP contribution is -2.47. The lowest BCUT2D eigenvalue weighted by atomic mass is 10.00. The summed E-state index contributed by atoms with van der Waals surface area (Å²) < 4.78 is 10.7. The summed E-state index contributed by atoms with van der Waals surface area (Å²) in [7, 11) is 0. The predicted octanol–water partition coefficient (Wildman–Crippen LogP) is 2.38. The third-order valence-electron chi connectivity index (χ3n) is 5.39. The van der Waals surface area contributed by atoms with Crippen LogP contribution in [0.2, 0.25) is 0 Å². The highest BCUT2D eigenvalue weighted by molar-refractivity contribution is 6.29. The number of carbonyl (C=O) groups is 4. The Bertz CT molecular complexity index is 701. The molecule has 0 aromatic heterocycles. The fraction of sp³-hybridized carbons (Fsp3) is 0.833. The highest BCUT2D eigenvalue weighted by Crippen LogP contribution is 2.18. The summed E-state index contributed by atoms with van der Waals surface area (Å²) in [5.41, 5.74) is -1.68. The quantitative estimate of drug-likeness (QED) is 0.425. The van der Waals surface area contributed by atoms with Gasteiger partial charge in [0.05, 0.1) is 13.1 Å². The number of nitrogens with one attached hydrogen (secondary N) is 2. The molecule has 12 nitrogen and oxygen atoms in total. The van der Waals surface area contributed by atoms with Crippen LogP contribution in [0.25, 0.3) is 0 Å². The topological polar surface area (TPSA) is 136 Å². The van der Waals surface area contributed by atoms with Crippen molar-refractivity contribution in [1.29, 1.82) is 0 Å². The van der Waals surface area contributed by atoms with Crippen LogP contribution >= 0.6 is 0 Å². The summed E-state index contributed by atoms with van der Waals surface area (Å²) >= 11 is 0. The molecular formula is C24H42N4O8. The Morgan fingerprint density at radius 2 is 1.06 bits per heavy atom. The fourth-order valence-corrected chi connectivity index (χ4v) is 3.83. The van der Waals surface area contributed by atoms with Crippen LogP contribution in [0.3, 0.4) is 0 Å². The average molecular weight is 515 g/mol. The number of hydrogen-bond acceptors (Lipinski definition) is 10. The smallest absolute Gasteiger partial charge is 0.442 e. The van der Waals surface area contributed by atoms with Gasteiger partial charge < -0.3 is 29.8 Å². The number of piperidine rings is 2. The number of nitrogens with zero attached hydrogens (tertiary/aromatic N) is 2. The van der Waals surface area contributed by atoms with Crippen molar-refractivity contribution >= 4 is 24.1 Å². The SMILES string of the molecule is CC(C)(C)OC(=O)N(CC1CCCNC1)OC(=O)C(=O)ON(CC1CCCNC1)C(=O)OC(C)(C)C. The molecule has 0 aromatic rings. The van der Waals surface area contributed by atoms with Crippen LogP contribution in [0.15, 0.2) is 0 Å². The molecule has 0 bridgehead atoms. The van der Waals surface area contributed by atoms with Gasteiger partial charge in [-0.3, -0.25) is 0 Å². The van der Waals surface area contributed by atoms with Crippen molar-refractivity contribution in [2.75, 3.05) is 39.3 Å². The molecule has 0 radical (unpaired) electrons. The van der Waals surface area contributed by atoms with E-state index in [1.807, 2.05) is 0 Å². The van der Waals surface area contributed by atoms with Crippen molar-refractivity contribution in [1.82, 2.24) is 20.8 Å². The molecule has 12 heteroatoms. The van der Waals surface area contributed by atoms with Gasteiger partial charge in [-0.15, -0.1) is 10.1 Å². The molecule has 2 heterocycles. The van der Waals surface area contributed by atoms with Crippen molar-refractivity contribution in [3.63, 3.8) is 0 Å². The Morgan fingerprint density at radius 3 is 1.33 bits per heavy atom. The summed E-state index contributed by atoms with van der Waals surface area (Å²) in [6.45, 7) is 13.2. The van der Waals surface area contributed by atoms with Crippen LogP contribution in [0, 0.1) is 11.8 Å². The minimum absolute atomic E-state index is 0.00662. The standard InChI is InChI=1S/C24H42N4O8/c1-23(2,3)33-21(31)27(15-17-9-7-11-25-13-17)35-19(29)20(30)36-28(22(32)34-24(4,5)6)16-18-10-8-12-26-14-18/h17-18,25-26H,7-16H2,1-6H3. The molecular weight excluding hydrogens is 472 g/mol. The Labute approximate surface area is 213 Å². The van der Waals surface area contributed by atoms with Crippen LogP contribution in [-0.4, -0.2) is 84.7 Å². The molecule has 0 aliphatic carbocycles. The van der Waals surface area contributed by atoms with Gasteiger partial charge in [0.2, 0.25) is 0 Å². The summed E-state index contributed by atoms with van der Waals surface area (Å²) in [5.74, 6) is -2.88. The van der Waals surface area contributed by atoms with Gasteiger partial charge in [-0.1, -0.05) is 0 Å². The maximum Gasteiger partial charge on any atom is 0.444 e. The monoisotopic (exact) mass is 514 g/mol. The maximum atomic E-state index is 12.7. The van der Waals surface area contributed by atoms with Gasteiger partial charge in [-0.25, -0.2) is 19.2 Å². The normalized spacial score (nSPS) is 20.6. The van der Waals surface area contributed by atoms with Crippen LogP contribution in [-0.2, 0) is 28.7 Å². The molecule has 0 aromatic carbocycles. The number of amides is 2. The van der Waals surface area contributed by atoms with E-state index in [9.17, 15) is 19.2 Å². The summed E-state index contributed by atoms with van der Waals surface area (Å²) in [4.78, 5) is 60.9. The zero-order chi connectivity index (χ0) is 26.9. The first-order valence-electron chi connectivity index (χ1n) is 12.6. The van der Waals surface area contributed by atoms with Crippen LogP contribution in [0.5, 0.6) is 0 Å². The second-order valence-electron chi connectivity index (χ2n) is 11.3. The second kappa shape index (κ2) is 13.1. The van der Waals surface area contributed by atoms with Gasteiger partial charge >= 0.3 is 24.1 Å². The molecule has 0 spiro atoms. The number of ether oxygens (including phenoxy) is 2. The molecule has 2 saturated heterocycles. The Morgan fingerprint density at radius 1 is 0.694 bits per heavy atom. The lowest BCUT2D eigenvalue weighted by Gasteiger charge is -2.31. The van der Waals surface area contributed by atoms with Crippen molar-refractivity contribution in [2.24, 2.45) is 11.8 Å². The fourth-order valence-electron chi connectivity index (χ4n) is 3.83. The van der Waals surface area contributed by atoms with E-state index in [4.69, 9.17) is 19.1 Å². The van der Waals surface area contributed by atoms with Gasteiger partial charge in [0, 0.05) is 0 Å². The van der Waals surface area contributed by atoms with Gasteiger partial charge in [0.1, 0.15) is 11.2 Å². The molecule has 2 aliphatic heterocycles. The first kappa shape index (κ1) is 29.6. The third kappa shape index (κ3) is 11.0. The molecule has 0 saturated carbocycles. The molecule has 2 N–H and O–H groups in total. The van der Waals surface area contributed by atoms with E-state index >= 15 is 0 Å². The van der Waals surface area contributed by atoms with E-state index < -0.39 is 35.3 Å². The second-order valence-corrected chi connectivity index (χ2v) is 11.3. The summed E-state index contributed by atoms with van der Waals surface area (Å²) in [6, 6.07) is 0. The molecule has 2 atom stereocenters. The van der Waals surface area contributed by atoms with Crippen molar-refractivity contribution < 1.29 is 38.3 Å². The number of hydrogen-bond donors (Lipinski definition) is 2. The van der Waals surface area contributed by atoms with E-state index in [0.29, 0.717) is 13.1 Å². The zero-order valence-corrected chi connectivity index (χ0v) is 22.4. The molecule has 2 fully saturated rings. The third-order valence-corrected chi connectivity index (χ3v) is 5.39. The number of carbonyl (C=O) groups excluding carboxylic acids is 4. The predicted molar refractivity (Wildman–Crippen MR) is 129 cm³/mol. The van der Waals surface area contributed by atoms with Crippen molar-refractivity contribution in [2.45, 2.75) is 78.4 Å². The van der Waals surface area contributed by atoms with Crippen molar-refractivity contribution in [3.05, 3.63) is 0 Å². The van der Waals surface area contributed by atoms with Crippen LogP contribution in [0.4, 0.5) is 9.59 Å². The first-order chi connectivity index (χ1) is 16.7. The largest absolute Gasteiger partial charge is 0.444 e. The average Bonchev–Trinajstić information content (AvgIpc) is 2.77. The van der Waals surface area contributed by atoms with Crippen LogP contribution in [0.1, 0.15) is 67.2 Å². The minimum atomic E-state index is -1.44. The van der Waals surface area contributed by atoms with Gasteiger partial charge in [0.15, 0.2) is 0 Å². The summed E-state index contributed by atoms with van der Waals surface area (Å²) in [5, 5.41) is 7.94. The highest BCUT2D eigenvalue weighted by Gasteiger charge is 2.35. The zero-order valence-electron chi connectivity index (χ0n) is 22.4. The van der Waals surface area contributed by atoms with Gasteiger partial charge in [0.25, 0.3) is 0 Å². The highest BCUT2D eigenvalue weighted by atomic mass is 16.8. The summed E-state index contributed by atoms with van der Waals surface area (Å²) in [6.07, 6.45) is 1.65.